The summed E-state index contributed by atoms with van der Waals surface area (Å²) >= 11 is 0. The van der Waals surface area contributed by atoms with Crippen LogP contribution in [0, 0.1) is 0 Å². The van der Waals surface area contributed by atoms with Crippen molar-refractivity contribution < 1.29 is 17.4 Å². The third-order valence-corrected chi connectivity index (χ3v) is 5.00. The van der Waals surface area contributed by atoms with Crippen LogP contribution in [0.4, 0.5) is 0 Å². The van der Waals surface area contributed by atoms with E-state index in [4.69, 9.17) is 4.18 Å². The zero-order valence-corrected chi connectivity index (χ0v) is 14.8. The van der Waals surface area contributed by atoms with Gasteiger partial charge in [-0.05, 0) is 11.1 Å². The first kappa shape index (κ1) is 18.0. The van der Waals surface area contributed by atoms with Crippen LogP contribution in [0.2, 0.25) is 0 Å². The molecule has 5 heteroatoms. The van der Waals surface area contributed by atoms with Crippen molar-refractivity contribution in [1.29, 1.82) is 0 Å². The van der Waals surface area contributed by atoms with Crippen molar-refractivity contribution in [3.63, 3.8) is 0 Å². The number of hydrogen-bond acceptors (Lipinski definition) is 4. The summed E-state index contributed by atoms with van der Waals surface area (Å²) in [6, 6.07) is 25.9. The Morgan fingerprint density at radius 2 is 1.27 bits per heavy atom. The molecule has 0 aliphatic carbocycles. The average molecular weight is 366 g/mol. The summed E-state index contributed by atoms with van der Waals surface area (Å²) in [5, 5.41) is 0. The van der Waals surface area contributed by atoms with E-state index in [9.17, 15) is 13.2 Å². The summed E-state index contributed by atoms with van der Waals surface area (Å²) < 4.78 is 30.5. The van der Waals surface area contributed by atoms with Crippen LogP contribution in [0.1, 0.15) is 27.6 Å². The van der Waals surface area contributed by atoms with Gasteiger partial charge >= 0.3 is 0 Å². The van der Waals surface area contributed by atoms with Crippen LogP contribution in [0.25, 0.3) is 0 Å². The Morgan fingerprint density at radius 1 is 0.769 bits per heavy atom. The highest BCUT2D eigenvalue weighted by molar-refractivity contribution is 7.85. The fraction of sp³-hybridized carbons (Fsp3) is 0.0952. The Morgan fingerprint density at radius 3 is 1.85 bits per heavy atom. The fourth-order valence-electron chi connectivity index (χ4n) is 2.59. The molecule has 0 aliphatic heterocycles. The van der Waals surface area contributed by atoms with E-state index < -0.39 is 22.0 Å². The van der Waals surface area contributed by atoms with E-state index in [1.165, 1.54) is 0 Å². The van der Waals surface area contributed by atoms with Crippen LogP contribution < -0.4 is 0 Å². The molecule has 3 rings (SSSR count). The highest BCUT2D eigenvalue weighted by Gasteiger charge is 2.28. The number of hydrogen-bond donors (Lipinski definition) is 0. The van der Waals surface area contributed by atoms with E-state index in [1.807, 2.05) is 6.07 Å². The first-order chi connectivity index (χ1) is 12.6. The van der Waals surface area contributed by atoms with Crippen LogP contribution in [-0.2, 0) is 20.1 Å². The number of carbonyl (C=O) groups is 1. The molecule has 0 aliphatic rings. The summed E-state index contributed by atoms with van der Waals surface area (Å²) in [6.07, 6.45) is -1.22. The Bertz CT molecular complexity index is 953. The lowest BCUT2D eigenvalue weighted by Gasteiger charge is -2.17. The van der Waals surface area contributed by atoms with E-state index in [-0.39, 0.29) is 5.75 Å². The molecule has 0 bridgehead atoms. The van der Waals surface area contributed by atoms with Gasteiger partial charge < -0.3 is 0 Å². The predicted molar refractivity (Wildman–Crippen MR) is 100 cm³/mol. The first-order valence-corrected chi connectivity index (χ1v) is 9.72. The van der Waals surface area contributed by atoms with Crippen LogP contribution in [0.15, 0.2) is 91.0 Å². The molecule has 0 heterocycles. The molecule has 0 saturated carbocycles. The molecule has 3 aromatic rings. The lowest BCUT2D eigenvalue weighted by molar-refractivity contribution is 0.0801. The molecular weight excluding hydrogens is 348 g/mol. The summed E-state index contributed by atoms with van der Waals surface area (Å²) in [5.41, 5.74) is 1.50. The Balaban J connectivity index is 1.90. The molecule has 0 amide bonds. The molecule has 4 nitrogen and oxygen atoms in total. The number of carbonyl (C=O) groups excluding carboxylic acids is 1. The zero-order chi connectivity index (χ0) is 18.4. The SMILES string of the molecule is O=C(c1ccccc1)C(OS(=O)(=O)Cc1ccccc1)c1ccccc1. The van der Waals surface area contributed by atoms with Crippen LogP contribution in [-0.4, -0.2) is 14.2 Å². The van der Waals surface area contributed by atoms with Crippen molar-refractivity contribution in [2.24, 2.45) is 0 Å². The molecular formula is C21H18O4S. The normalized spacial score (nSPS) is 12.5. The van der Waals surface area contributed by atoms with Crippen molar-refractivity contribution in [2.45, 2.75) is 11.9 Å². The third kappa shape index (κ3) is 4.65. The smallest absolute Gasteiger partial charge is 0.272 e. The number of Topliss-reactive ketones (excluding diaryl/α,β-unsaturated/α-hetero) is 1. The minimum absolute atomic E-state index is 0.292. The standard InChI is InChI=1S/C21H18O4S/c22-20(18-12-6-2-7-13-18)21(19-14-8-3-9-15-19)25-26(23,24)16-17-10-4-1-5-11-17/h1-15,21H,16H2. The van der Waals surface area contributed by atoms with Crippen molar-refractivity contribution >= 4 is 15.9 Å². The Labute approximate surface area is 153 Å². The van der Waals surface area contributed by atoms with Crippen molar-refractivity contribution in [1.82, 2.24) is 0 Å². The second kappa shape index (κ2) is 8.08. The van der Waals surface area contributed by atoms with Crippen LogP contribution in [0.5, 0.6) is 0 Å². The largest absolute Gasteiger partial charge is 0.291 e. The maximum Gasteiger partial charge on any atom is 0.272 e. The molecule has 0 radical (unpaired) electrons. The third-order valence-electron chi connectivity index (χ3n) is 3.83. The number of ketones is 1. The van der Waals surface area contributed by atoms with Crippen LogP contribution >= 0.6 is 0 Å². The van der Waals surface area contributed by atoms with Gasteiger partial charge in [0.05, 0.1) is 0 Å². The van der Waals surface area contributed by atoms with Crippen molar-refractivity contribution in [2.75, 3.05) is 0 Å². The van der Waals surface area contributed by atoms with E-state index in [2.05, 4.69) is 0 Å². The molecule has 0 N–H and O–H groups in total. The van der Waals surface area contributed by atoms with E-state index in [1.54, 1.807) is 84.9 Å². The van der Waals surface area contributed by atoms with Gasteiger partial charge in [0, 0.05) is 5.56 Å². The molecule has 0 saturated heterocycles. The molecule has 0 aromatic heterocycles. The minimum Gasteiger partial charge on any atom is -0.291 e. The summed E-state index contributed by atoms with van der Waals surface area (Å²) in [5.74, 6) is -0.687. The van der Waals surface area contributed by atoms with Gasteiger partial charge in [0.1, 0.15) is 5.75 Å². The minimum atomic E-state index is -3.96. The maximum absolute atomic E-state index is 12.9. The lowest BCUT2D eigenvalue weighted by atomic mass is 10.0. The van der Waals surface area contributed by atoms with E-state index in [0.717, 1.165) is 0 Å². The molecule has 26 heavy (non-hydrogen) atoms. The highest BCUT2D eigenvalue weighted by atomic mass is 32.2. The fourth-order valence-corrected chi connectivity index (χ4v) is 3.75. The predicted octanol–water partition coefficient (Wildman–Crippen LogP) is 4.16. The van der Waals surface area contributed by atoms with Gasteiger partial charge in [-0.25, -0.2) is 0 Å². The molecule has 0 spiro atoms. The van der Waals surface area contributed by atoms with E-state index >= 15 is 0 Å². The van der Waals surface area contributed by atoms with Crippen molar-refractivity contribution in [3.8, 4) is 0 Å². The van der Waals surface area contributed by atoms with Gasteiger partial charge in [-0.15, -0.1) is 0 Å². The van der Waals surface area contributed by atoms with Gasteiger partial charge in [0.2, 0.25) is 0 Å². The zero-order valence-electron chi connectivity index (χ0n) is 14.0. The topological polar surface area (TPSA) is 60.4 Å². The van der Waals surface area contributed by atoms with Gasteiger partial charge in [-0.1, -0.05) is 91.0 Å². The van der Waals surface area contributed by atoms with Crippen LogP contribution in [0.3, 0.4) is 0 Å². The average Bonchev–Trinajstić information content (AvgIpc) is 2.67. The maximum atomic E-state index is 12.9. The Kier molecular flexibility index (Phi) is 5.61. The molecule has 1 unspecified atom stereocenters. The van der Waals surface area contributed by atoms with Crippen molar-refractivity contribution in [3.05, 3.63) is 108 Å². The van der Waals surface area contributed by atoms with Gasteiger partial charge in [0.25, 0.3) is 10.1 Å². The van der Waals surface area contributed by atoms with Gasteiger partial charge in [0.15, 0.2) is 11.9 Å². The second-order valence-corrected chi connectivity index (χ2v) is 7.40. The summed E-state index contributed by atoms with van der Waals surface area (Å²) in [7, 11) is -3.96. The molecule has 3 aromatic carbocycles. The van der Waals surface area contributed by atoms with E-state index in [0.29, 0.717) is 16.7 Å². The van der Waals surface area contributed by atoms with Gasteiger partial charge in [-0.3, -0.25) is 8.98 Å². The highest BCUT2D eigenvalue weighted by Crippen LogP contribution is 2.26. The monoisotopic (exact) mass is 366 g/mol. The first-order valence-electron chi connectivity index (χ1n) is 8.14. The molecule has 132 valence electrons. The quantitative estimate of drug-likeness (QED) is 0.465. The summed E-state index contributed by atoms with van der Waals surface area (Å²) in [4.78, 5) is 12.9. The second-order valence-electron chi connectivity index (χ2n) is 5.80. The Hall–Kier alpha value is -2.76. The molecule has 0 fully saturated rings. The summed E-state index contributed by atoms with van der Waals surface area (Å²) in [6.45, 7) is 0. The number of benzene rings is 3. The molecule has 1 atom stereocenters. The van der Waals surface area contributed by atoms with Gasteiger partial charge in [-0.2, -0.15) is 8.42 Å². The number of rotatable bonds is 7. The lowest BCUT2D eigenvalue weighted by Crippen LogP contribution is -2.21.